The van der Waals surface area contributed by atoms with Crippen LogP contribution in [0, 0.1) is 11.7 Å². The third-order valence-electron chi connectivity index (χ3n) is 4.60. The Balaban J connectivity index is 0.00000338. The lowest BCUT2D eigenvalue weighted by Gasteiger charge is -2.16. The molecule has 1 unspecified atom stereocenters. The highest BCUT2D eigenvalue weighted by atomic mass is 127. The van der Waals surface area contributed by atoms with Crippen molar-refractivity contribution in [1.82, 2.24) is 15.5 Å². The molecule has 7 heteroatoms. The van der Waals surface area contributed by atoms with E-state index >= 15 is 0 Å². The molecule has 1 aromatic carbocycles. The summed E-state index contributed by atoms with van der Waals surface area (Å²) in [5.41, 5.74) is 2.12. The average Bonchev–Trinajstić information content (AvgIpc) is 3.07. The molecule has 1 heterocycles. The number of aliphatic imine (C=N–C) groups is 1. The first-order valence-corrected chi connectivity index (χ1v) is 10.6. The number of benzene rings is 1. The fraction of sp³-hybridized carbons (Fsp3) is 0.632. The first-order valence-electron chi connectivity index (χ1n) is 9.17. The zero-order valence-corrected chi connectivity index (χ0v) is 19.2. The van der Waals surface area contributed by atoms with Gasteiger partial charge in [-0.3, -0.25) is 0 Å². The topological polar surface area (TPSA) is 39.7 Å². The number of likely N-dealkylation sites (tertiary alicyclic amines) is 1. The Bertz CT molecular complexity index is 570. The summed E-state index contributed by atoms with van der Waals surface area (Å²) >= 11 is 1.70. The van der Waals surface area contributed by atoms with Gasteiger partial charge < -0.3 is 15.5 Å². The predicted molar refractivity (Wildman–Crippen MR) is 122 cm³/mol. The van der Waals surface area contributed by atoms with Crippen LogP contribution in [0.1, 0.15) is 31.4 Å². The van der Waals surface area contributed by atoms with Crippen LogP contribution in [0.2, 0.25) is 0 Å². The standard InChI is InChI=1S/C19H31FN4S.HI/c1-4-21-19(22-11-15-8-9-24(5-2)13-15)23-12-16-6-7-18(20)10-17(16)14-25-3;/h6-7,10,15H,4-5,8-9,11-14H2,1-3H3,(H2,21,22,23);1H. The van der Waals surface area contributed by atoms with Crippen molar-refractivity contribution in [1.29, 1.82) is 0 Å². The van der Waals surface area contributed by atoms with Gasteiger partial charge in [-0.1, -0.05) is 13.0 Å². The Labute approximate surface area is 178 Å². The van der Waals surface area contributed by atoms with E-state index in [0.29, 0.717) is 12.5 Å². The SMILES string of the molecule is CCNC(=NCc1ccc(F)cc1CSC)NCC1CCN(CC)C1.I. The molecule has 1 fully saturated rings. The minimum absolute atomic E-state index is 0. The Kier molecular flexibility index (Phi) is 11.5. The van der Waals surface area contributed by atoms with Crippen LogP contribution in [0.15, 0.2) is 23.2 Å². The van der Waals surface area contributed by atoms with E-state index in [1.165, 1.54) is 25.6 Å². The molecule has 2 rings (SSSR count). The minimum Gasteiger partial charge on any atom is -0.357 e. The van der Waals surface area contributed by atoms with Crippen LogP contribution in [-0.4, -0.2) is 49.8 Å². The molecule has 1 aliphatic heterocycles. The molecule has 1 aliphatic rings. The van der Waals surface area contributed by atoms with Gasteiger partial charge in [-0.05, 0) is 61.9 Å². The van der Waals surface area contributed by atoms with E-state index in [0.717, 1.165) is 42.5 Å². The number of nitrogens with one attached hydrogen (secondary N) is 2. The Morgan fingerprint density at radius 3 is 2.77 bits per heavy atom. The zero-order chi connectivity index (χ0) is 18.1. The summed E-state index contributed by atoms with van der Waals surface area (Å²) in [5, 5.41) is 6.78. The highest BCUT2D eigenvalue weighted by Gasteiger charge is 2.20. The molecular formula is C19H32FIN4S. The highest BCUT2D eigenvalue weighted by molar-refractivity contribution is 14.0. The Morgan fingerprint density at radius 1 is 1.31 bits per heavy atom. The molecular weight excluding hydrogens is 462 g/mol. The monoisotopic (exact) mass is 494 g/mol. The van der Waals surface area contributed by atoms with Gasteiger partial charge >= 0.3 is 0 Å². The van der Waals surface area contributed by atoms with E-state index in [9.17, 15) is 4.39 Å². The fourth-order valence-electron chi connectivity index (χ4n) is 3.15. The summed E-state index contributed by atoms with van der Waals surface area (Å²) in [7, 11) is 0. The predicted octanol–water partition coefficient (Wildman–Crippen LogP) is 3.70. The third-order valence-corrected chi connectivity index (χ3v) is 5.19. The molecule has 26 heavy (non-hydrogen) atoms. The number of halogens is 2. The molecule has 0 saturated carbocycles. The molecule has 148 valence electrons. The van der Waals surface area contributed by atoms with Crippen molar-refractivity contribution in [2.24, 2.45) is 10.9 Å². The van der Waals surface area contributed by atoms with Crippen LogP contribution in [0.5, 0.6) is 0 Å². The van der Waals surface area contributed by atoms with Gasteiger partial charge in [-0.2, -0.15) is 11.8 Å². The molecule has 4 nitrogen and oxygen atoms in total. The molecule has 0 bridgehead atoms. The molecule has 0 amide bonds. The first kappa shape index (κ1) is 23.5. The molecule has 0 aromatic heterocycles. The van der Waals surface area contributed by atoms with Crippen molar-refractivity contribution in [3.05, 3.63) is 35.1 Å². The second-order valence-electron chi connectivity index (χ2n) is 6.47. The lowest BCUT2D eigenvalue weighted by atomic mass is 10.1. The lowest BCUT2D eigenvalue weighted by molar-refractivity contribution is 0.342. The Hall–Kier alpha value is -0.540. The first-order chi connectivity index (χ1) is 12.2. The molecule has 0 aliphatic carbocycles. The maximum Gasteiger partial charge on any atom is 0.191 e. The molecule has 1 atom stereocenters. The number of hydrogen-bond acceptors (Lipinski definition) is 3. The van der Waals surface area contributed by atoms with Crippen LogP contribution in [-0.2, 0) is 12.3 Å². The van der Waals surface area contributed by atoms with Crippen LogP contribution >= 0.6 is 35.7 Å². The number of hydrogen-bond donors (Lipinski definition) is 2. The number of thioether (sulfide) groups is 1. The minimum atomic E-state index is -0.177. The van der Waals surface area contributed by atoms with Gasteiger partial charge in [0, 0.05) is 25.4 Å². The number of guanidine groups is 1. The van der Waals surface area contributed by atoms with Gasteiger partial charge in [0.15, 0.2) is 5.96 Å². The second-order valence-corrected chi connectivity index (χ2v) is 7.34. The molecule has 0 radical (unpaired) electrons. The summed E-state index contributed by atoms with van der Waals surface area (Å²) in [6, 6.07) is 5.00. The third kappa shape index (κ3) is 7.60. The molecule has 2 N–H and O–H groups in total. The number of rotatable bonds is 8. The van der Waals surface area contributed by atoms with Crippen LogP contribution in [0.3, 0.4) is 0 Å². The van der Waals surface area contributed by atoms with E-state index in [1.807, 2.05) is 12.3 Å². The van der Waals surface area contributed by atoms with E-state index in [1.54, 1.807) is 17.8 Å². The Morgan fingerprint density at radius 2 is 2.12 bits per heavy atom. The van der Waals surface area contributed by atoms with Gasteiger partial charge in [-0.15, -0.1) is 24.0 Å². The number of nitrogens with zero attached hydrogens (tertiary/aromatic N) is 2. The average molecular weight is 494 g/mol. The van der Waals surface area contributed by atoms with Gasteiger partial charge in [0.2, 0.25) is 0 Å². The molecule has 1 aromatic rings. The molecule has 0 spiro atoms. The summed E-state index contributed by atoms with van der Waals surface area (Å²) in [6.45, 7) is 10.1. The highest BCUT2D eigenvalue weighted by Crippen LogP contribution is 2.18. The summed E-state index contributed by atoms with van der Waals surface area (Å²) in [6.07, 6.45) is 3.28. The maximum absolute atomic E-state index is 13.5. The van der Waals surface area contributed by atoms with Gasteiger partial charge in [0.05, 0.1) is 6.54 Å². The zero-order valence-electron chi connectivity index (χ0n) is 16.1. The van der Waals surface area contributed by atoms with E-state index in [2.05, 4.69) is 29.4 Å². The maximum atomic E-state index is 13.5. The van der Waals surface area contributed by atoms with Crippen molar-refractivity contribution in [2.45, 2.75) is 32.6 Å². The quantitative estimate of drug-likeness (QED) is 0.329. The van der Waals surface area contributed by atoms with Crippen LogP contribution in [0.25, 0.3) is 0 Å². The largest absolute Gasteiger partial charge is 0.357 e. The van der Waals surface area contributed by atoms with Gasteiger partial charge in [-0.25, -0.2) is 9.38 Å². The summed E-state index contributed by atoms with van der Waals surface area (Å²) in [5.74, 6) is 2.16. The fourth-order valence-corrected chi connectivity index (χ4v) is 3.73. The van der Waals surface area contributed by atoms with Crippen molar-refractivity contribution in [2.75, 3.05) is 39.0 Å². The van der Waals surface area contributed by atoms with Crippen molar-refractivity contribution in [3.8, 4) is 0 Å². The van der Waals surface area contributed by atoms with Crippen LogP contribution in [0.4, 0.5) is 4.39 Å². The molecule has 1 saturated heterocycles. The van der Waals surface area contributed by atoms with Crippen LogP contribution < -0.4 is 10.6 Å². The van der Waals surface area contributed by atoms with Crippen molar-refractivity contribution in [3.63, 3.8) is 0 Å². The second kappa shape index (κ2) is 12.8. The van der Waals surface area contributed by atoms with Crippen molar-refractivity contribution < 1.29 is 4.39 Å². The normalized spacial score (nSPS) is 17.8. The van der Waals surface area contributed by atoms with Crippen molar-refractivity contribution >= 4 is 41.7 Å². The van der Waals surface area contributed by atoms with E-state index in [4.69, 9.17) is 4.99 Å². The summed E-state index contributed by atoms with van der Waals surface area (Å²) < 4.78 is 13.5. The van der Waals surface area contributed by atoms with E-state index < -0.39 is 0 Å². The lowest BCUT2D eigenvalue weighted by Crippen LogP contribution is -2.40. The van der Waals surface area contributed by atoms with Gasteiger partial charge in [0.1, 0.15) is 5.82 Å². The smallest absolute Gasteiger partial charge is 0.191 e. The van der Waals surface area contributed by atoms with Gasteiger partial charge in [0.25, 0.3) is 0 Å². The summed E-state index contributed by atoms with van der Waals surface area (Å²) in [4.78, 5) is 7.20. The van der Waals surface area contributed by atoms with E-state index in [-0.39, 0.29) is 29.8 Å².